The summed E-state index contributed by atoms with van der Waals surface area (Å²) in [6.45, 7) is 9.22. The van der Waals surface area contributed by atoms with Crippen LogP contribution in [0.4, 0.5) is 0 Å². The van der Waals surface area contributed by atoms with Gasteiger partial charge < -0.3 is 14.6 Å². The van der Waals surface area contributed by atoms with E-state index in [9.17, 15) is 14.7 Å². The number of unbranched alkanes of at least 4 members (excludes halogenated alkanes) is 11. The van der Waals surface area contributed by atoms with Crippen molar-refractivity contribution in [3.05, 3.63) is 12.3 Å². The van der Waals surface area contributed by atoms with Crippen LogP contribution in [0.5, 0.6) is 0 Å². The van der Waals surface area contributed by atoms with Crippen molar-refractivity contribution in [3.63, 3.8) is 0 Å². The van der Waals surface area contributed by atoms with Crippen LogP contribution in [0.2, 0.25) is 13.3 Å². The average Bonchev–Trinajstić information content (AvgIpc) is 2.81. The summed E-state index contributed by atoms with van der Waals surface area (Å²) in [5.41, 5.74) is 0. The number of hydrogen-bond donors (Lipinski definition) is 0. The number of allylic oxidation sites excluding steroid dienone is 1. The fraction of sp³-hybridized carbons (Fsp3) is 0.857. The summed E-state index contributed by atoms with van der Waals surface area (Å²) in [6, 6.07) is 0. The van der Waals surface area contributed by atoms with Crippen molar-refractivity contribution >= 4 is 31.7 Å². The molecule has 0 saturated heterocycles. The Morgan fingerprint density at radius 1 is 0.667 bits per heavy atom. The molecule has 0 atom stereocenters. The second-order valence-electron chi connectivity index (χ2n) is 9.06. The number of aliphatic carboxylic acids is 1. The third kappa shape index (κ3) is 31.5. The van der Waals surface area contributed by atoms with Crippen molar-refractivity contribution in [1.29, 1.82) is 0 Å². The van der Waals surface area contributed by atoms with Crippen LogP contribution in [0, 0.1) is 0 Å². The third-order valence-electron chi connectivity index (χ3n) is 5.70. The van der Waals surface area contributed by atoms with Gasteiger partial charge in [0.25, 0.3) is 0 Å². The molecule has 0 radical (unpaired) electrons. The first-order valence-corrected chi connectivity index (χ1v) is 19.9. The van der Waals surface area contributed by atoms with E-state index >= 15 is 0 Å². The van der Waals surface area contributed by atoms with Crippen LogP contribution < -0.4 is 5.11 Å². The standard InChI is InChI=1S/C16H28O4.3C4H9.Sn/c1-2-3-4-5-6-7-8-9-10-11-14-20-16(19)13-12-15(17)18;3*1-3-4-2;/h11,14H,2-10,12-13H2,1H3,(H,17,18);3*1,3-4H2,2H3;/q;;;;+1/p-1/b14-11+;;;;. The van der Waals surface area contributed by atoms with Gasteiger partial charge in [-0.05, 0) is 25.3 Å². The molecule has 0 bridgehead atoms. The van der Waals surface area contributed by atoms with Crippen molar-refractivity contribution in [3.8, 4) is 0 Å². The number of carboxylic acids is 1. The van der Waals surface area contributed by atoms with E-state index in [1.165, 1.54) is 89.7 Å². The van der Waals surface area contributed by atoms with Crippen LogP contribution in [0.15, 0.2) is 12.3 Å². The molecule has 0 aliphatic heterocycles. The van der Waals surface area contributed by atoms with E-state index in [1.54, 1.807) is 13.3 Å². The Morgan fingerprint density at radius 3 is 1.58 bits per heavy atom. The van der Waals surface area contributed by atoms with E-state index in [1.807, 2.05) is 6.08 Å². The Morgan fingerprint density at radius 2 is 1.12 bits per heavy atom. The van der Waals surface area contributed by atoms with Gasteiger partial charge in [-0.15, -0.1) is 0 Å². The fourth-order valence-corrected chi connectivity index (χ4v) is 13.0. The van der Waals surface area contributed by atoms with Crippen LogP contribution in [0.1, 0.15) is 137 Å². The zero-order valence-corrected chi connectivity index (χ0v) is 25.3. The molecule has 33 heavy (non-hydrogen) atoms. The maximum absolute atomic E-state index is 11.0. The summed E-state index contributed by atoms with van der Waals surface area (Å²) in [6.07, 6.45) is 22.7. The van der Waals surface area contributed by atoms with E-state index in [0.29, 0.717) is 0 Å². The van der Waals surface area contributed by atoms with Crippen LogP contribution >= 0.6 is 0 Å². The molecule has 0 rings (SSSR count). The van der Waals surface area contributed by atoms with E-state index in [0.717, 1.165) is 12.8 Å². The van der Waals surface area contributed by atoms with Gasteiger partial charge in [0.05, 0.1) is 12.7 Å². The molecule has 0 spiro atoms. The fourth-order valence-electron chi connectivity index (χ4n) is 3.51. The van der Waals surface area contributed by atoms with Crippen molar-refractivity contribution in [2.75, 3.05) is 0 Å². The summed E-state index contributed by atoms with van der Waals surface area (Å²) < 4.78 is 9.79. The number of esters is 1. The van der Waals surface area contributed by atoms with Gasteiger partial charge >= 0.3 is 98.3 Å². The molecule has 0 aliphatic rings. The number of rotatable bonds is 22. The van der Waals surface area contributed by atoms with E-state index in [2.05, 4.69) is 27.7 Å². The Hall–Kier alpha value is -0.521. The first kappa shape index (κ1) is 34.6. The van der Waals surface area contributed by atoms with E-state index in [4.69, 9.17) is 4.74 Å². The van der Waals surface area contributed by atoms with E-state index < -0.39 is 31.7 Å². The number of ether oxygens (including phenoxy) is 1. The summed E-state index contributed by atoms with van der Waals surface area (Å²) in [5, 5.41) is 10.1. The average molecular weight is 573 g/mol. The normalized spacial score (nSPS) is 10.7. The summed E-state index contributed by atoms with van der Waals surface area (Å²) in [7, 11) is 0. The molecular formula is C28H54O4Sn. The van der Waals surface area contributed by atoms with Crippen molar-refractivity contribution in [2.24, 2.45) is 0 Å². The number of hydrogen-bond acceptors (Lipinski definition) is 4. The first-order chi connectivity index (χ1) is 16.0. The van der Waals surface area contributed by atoms with Gasteiger partial charge in [-0.25, -0.2) is 0 Å². The molecule has 0 aliphatic carbocycles. The Balaban J connectivity index is 0. The second-order valence-corrected chi connectivity index (χ2v) is 17.6. The second kappa shape index (κ2) is 29.5. The summed E-state index contributed by atoms with van der Waals surface area (Å²) in [5.74, 6) is -1.76. The molecule has 0 heterocycles. The number of carboxylic acid groups (broad SMARTS) is 1. The topological polar surface area (TPSA) is 66.4 Å². The predicted molar refractivity (Wildman–Crippen MR) is 142 cm³/mol. The molecule has 0 fully saturated rings. The Labute approximate surface area is 213 Å². The van der Waals surface area contributed by atoms with Gasteiger partial charge in [-0.3, -0.25) is 4.79 Å². The van der Waals surface area contributed by atoms with Crippen LogP contribution in [0.3, 0.4) is 0 Å². The maximum atomic E-state index is 11.0. The number of carbonyl (C=O) groups is 2. The molecule has 0 unspecified atom stereocenters. The molecule has 0 amide bonds. The van der Waals surface area contributed by atoms with Crippen molar-refractivity contribution in [1.82, 2.24) is 0 Å². The number of carbonyl (C=O) groups excluding carboxylic acids is 2. The zero-order chi connectivity index (χ0) is 25.0. The van der Waals surface area contributed by atoms with Gasteiger partial charge in [0.15, 0.2) is 0 Å². The van der Waals surface area contributed by atoms with E-state index in [-0.39, 0.29) is 12.8 Å². The zero-order valence-electron chi connectivity index (χ0n) is 22.4. The molecule has 0 N–H and O–H groups in total. The van der Waals surface area contributed by atoms with Crippen molar-refractivity contribution < 1.29 is 19.4 Å². The minimum atomic E-state index is -1.23. The Bertz CT molecular complexity index is 432. The van der Waals surface area contributed by atoms with Gasteiger partial charge in [0, 0.05) is 5.97 Å². The van der Waals surface area contributed by atoms with Crippen LogP contribution in [-0.4, -0.2) is 31.7 Å². The third-order valence-corrected chi connectivity index (χ3v) is 14.8. The van der Waals surface area contributed by atoms with Crippen LogP contribution in [-0.2, 0) is 14.3 Å². The molecule has 4 nitrogen and oxygen atoms in total. The Kier molecular flexibility index (Phi) is 31.0. The molecule has 0 saturated carbocycles. The first-order valence-electron chi connectivity index (χ1n) is 13.9. The van der Waals surface area contributed by atoms with Gasteiger partial charge in [-0.2, -0.15) is 0 Å². The molecule has 194 valence electrons. The monoisotopic (exact) mass is 574 g/mol. The van der Waals surface area contributed by atoms with Gasteiger partial charge in [-0.1, -0.05) is 51.9 Å². The molecule has 5 heteroatoms. The predicted octanol–water partition coefficient (Wildman–Crippen LogP) is 7.99. The van der Waals surface area contributed by atoms with Crippen molar-refractivity contribution in [2.45, 2.75) is 150 Å². The molecule has 0 aromatic rings. The molecule has 0 aromatic heterocycles. The quantitative estimate of drug-likeness (QED) is 0.0570. The SMILES string of the molecule is CCCCCCCCCC/C=C/OC(=O)CCC(=O)[O-].CCC[CH2][Sn+]([CH2]CCC)[CH2]CCC. The summed E-state index contributed by atoms with van der Waals surface area (Å²) in [4.78, 5) is 21.2. The minimum absolute atomic E-state index is 0.134. The van der Waals surface area contributed by atoms with Gasteiger partial charge in [0.2, 0.25) is 0 Å². The van der Waals surface area contributed by atoms with Gasteiger partial charge in [0.1, 0.15) is 0 Å². The summed E-state index contributed by atoms with van der Waals surface area (Å²) >= 11 is -0.839. The molecular weight excluding hydrogens is 519 g/mol. The molecule has 0 aromatic carbocycles. The van der Waals surface area contributed by atoms with Crippen LogP contribution in [0.25, 0.3) is 0 Å².